The molecule has 24 heavy (non-hydrogen) atoms. The van der Waals surface area contributed by atoms with Crippen molar-refractivity contribution >= 4 is 0 Å². The number of hydrogen-bond donors (Lipinski definition) is 1. The van der Waals surface area contributed by atoms with E-state index in [1.165, 1.54) is 11.1 Å². The lowest BCUT2D eigenvalue weighted by Crippen LogP contribution is -2.45. The van der Waals surface area contributed by atoms with Crippen LogP contribution in [-0.4, -0.2) is 17.7 Å². The molecule has 0 saturated carbocycles. The van der Waals surface area contributed by atoms with E-state index in [1.54, 1.807) is 0 Å². The summed E-state index contributed by atoms with van der Waals surface area (Å²) in [6, 6.07) is 19.2. The Labute approximate surface area is 146 Å². The van der Waals surface area contributed by atoms with Crippen molar-refractivity contribution in [1.82, 2.24) is 5.32 Å². The third-order valence-corrected chi connectivity index (χ3v) is 4.80. The van der Waals surface area contributed by atoms with Crippen LogP contribution in [0.1, 0.15) is 51.2 Å². The van der Waals surface area contributed by atoms with Gasteiger partial charge in [-0.1, -0.05) is 48.5 Å². The SMILES string of the molecule is CC(C)(Cc1ccccc1)NCC1CC(C)(C)Oc2ccccc21. The molecular formula is C22H29NO. The van der Waals surface area contributed by atoms with Gasteiger partial charge in [-0.15, -0.1) is 0 Å². The summed E-state index contributed by atoms with van der Waals surface area (Å²) in [7, 11) is 0. The molecule has 0 fully saturated rings. The average molecular weight is 323 g/mol. The van der Waals surface area contributed by atoms with Crippen molar-refractivity contribution < 1.29 is 4.74 Å². The van der Waals surface area contributed by atoms with E-state index in [0.717, 1.165) is 25.1 Å². The molecular weight excluding hydrogens is 294 g/mol. The molecule has 1 aliphatic rings. The van der Waals surface area contributed by atoms with E-state index in [1.807, 2.05) is 0 Å². The van der Waals surface area contributed by atoms with Crippen LogP contribution in [0.2, 0.25) is 0 Å². The normalized spacial score (nSPS) is 19.4. The second-order valence-electron chi connectivity index (χ2n) is 8.23. The number of rotatable bonds is 5. The van der Waals surface area contributed by atoms with Crippen molar-refractivity contribution in [3.63, 3.8) is 0 Å². The molecule has 0 bridgehead atoms. The minimum absolute atomic E-state index is 0.0682. The first-order chi connectivity index (χ1) is 11.3. The summed E-state index contributed by atoms with van der Waals surface area (Å²) in [5, 5.41) is 3.80. The molecule has 2 aromatic rings. The molecule has 2 nitrogen and oxygen atoms in total. The van der Waals surface area contributed by atoms with Crippen LogP contribution in [0, 0.1) is 0 Å². The van der Waals surface area contributed by atoms with Crippen LogP contribution in [-0.2, 0) is 6.42 Å². The highest BCUT2D eigenvalue weighted by Crippen LogP contribution is 2.40. The van der Waals surface area contributed by atoms with E-state index in [2.05, 4.69) is 87.6 Å². The van der Waals surface area contributed by atoms with Crippen molar-refractivity contribution in [2.75, 3.05) is 6.54 Å². The molecule has 1 unspecified atom stereocenters. The van der Waals surface area contributed by atoms with Gasteiger partial charge in [0.05, 0.1) is 0 Å². The van der Waals surface area contributed by atoms with Crippen LogP contribution in [0.4, 0.5) is 0 Å². The Morgan fingerprint density at radius 1 is 1.04 bits per heavy atom. The minimum Gasteiger partial charge on any atom is -0.488 e. The molecule has 1 atom stereocenters. The molecule has 3 rings (SSSR count). The highest BCUT2D eigenvalue weighted by atomic mass is 16.5. The van der Waals surface area contributed by atoms with Crippen LogP contribution >= 0.6 is 0 Å². The Morgan fingerprint density at radius 2 is 1.71 bits per heavy atom. The molecule has 2 aromatic carbocycles. The molecule has 1 heterocycles. The predicted molar refractivity (Wildman–Crippen MR) is 101 cm³/mol. The third-order valence-electron chi connectivity index (χ3n) is 4.80. The van der Waals surface area contributed by atoms with Crippen molar-refractivity contribution in [3.05, 3.63) is 65.7 Å². The van der Waals surface area contributed by atoms with Gasteiger partial charge in [-0.05, 0) is 57.7 Å². The van der Waals surface area contributed by atoms with E-state index in [4.69, 9.17) is 4.74 Å². The molecule has 1 aliphatic heterocycles. The number of benzene rings is 2. The zero-order valence-electron chi connectivity index (χ0n) is 15.3. The molecule has 0 aromatic heterocycles. The fourth-order valence-corrected chi connectivity index (χ4v) is 3.70. The molecule has 128 valence electrons. The Morgan fingerprint density at radius 3 is 2.46 bits per heavy atom. The van der Waals surface area contributed by atoms with Gasteiger partial charge in [-0.3, -0.25) is 0 Å². The minimum atomic E-state index is -0.107. The van der Waals surface area contributed by atoms with Gasteiger partial charge in [0, 0.05) is 18.0 Å². The van der Waals surface area contributed by atoms with Crippen molar-refractivity contribution in [1.29, 1.82) is 0 Å². The zero-order valence-corrected chi connectivity index (χ0v) is 15.3. The lowest BCUT2D eigenvalue weighted by atomic mass is 9.83. The number of ether oxygens (including phenoxy) is 1. The Balaban J connectivity index is 1.69. The van der Waals surface area contributed by atoms with Crippen LogP contribution in [0.3, 0.4) is 0 Å². The number of fused-ring (bicyclic) bond motifs is 1. The summed E-state index contributed by atoms with van der Waals surface area (Å²) in [5.41, 5.74) is 2.67. The molecule has 2 heteroatoms. The zero-order chi connectivity index (χ0) is 17.2. The summed E-state index contributed by atoms with van der Waals surface area (Å²) in [6.07, 6.45) is 2.07. The maximum Gasteiger partial charge on any atom is 0.123 e. The van der Waals surface area contributed by atoms with Crippen LogP contribution < -0.4 is 10.1 Å². The maximum atomic E-state index is 6.15. The van der Waals surface area contributed by atoms with Crippen molar-refractivity contribution in [3.8, 4) is 5.75 Å². The van der Waals surface area contributed by atoms with Crippen LogP contribution in [0.25, 0.3) is 0 Å². The Kier molecular flexibility index (Phi) is 4.69. The summed E-state index contributed by atoms with van der Waals surface area (Å²) in [6.45, 7) is 9.92. The molecule has 1 N–H and O–H groups in total. The van der Waals surface area contributed by atoms with E-state index in [0.29, 0.717) is 5.92 Å². The van der Waals surface area contributed by atoms with Gasteiger partial charge in [-0.2, -0.15) is 0 Å². The highest BCUT2D eigenvalue weighted by molar-refractivity contribution is 5.39. The first kappa shape index (κ1) is 17.0. The smallest absolute Gasteiger partial charge is 0.123 e. The number of nitrogens with one attached hydrogen (secondary N) is 1. The monoisotopic (exact) mass is 323 g/mol. The van der Waals surface area contributed by atoms with E-state index < -0.39 is 0 Å². The van der Waals surface area contributed by atoms with Gasteiger partial charge in [0.2, 0.25) is 0 Å². The third kappa shape index (κ3) is 4.18. The molecule has 0 saturated heterocycles. The fourth-order valence-electron chi connectivity index (χ4n) is 3.70. The molecule has 0 spiro atoms. The average Bonchev–Trinajstić information content (AvgIpc) is 2.52. The van der Waals surface area contributed by atoms with Crippen molar-refractivity contribution in [2.24, 2.45) is 0 Å². The van der Waals surface area contributed by atoms with Crippen LogP contribution in [0.5, 0.6) is 5.75 Å². The van der Waals surface area contributed by atoms with Crippen molar-refractivity contribution in [2.45, 2.75) is 57.6 Å². The molecule has 0 radical (unpaired) electrons. The quantitative estimate of drug-likeness (QED) is 0.841. The number of para-hydroxylation sites is 1. The second kappa shape index (κ2) is 6.60. The summed E-state index contributed by atoms with van der Waals surface area (Å²) in [5.74, 6) is 1.53. The summed E-state index contributed by atoms with van der Waals surface area (Å²) >= 11 is 0. The first-order valence-electron chi connectivity index (χ1n) is 8.92. The first-order valence-corrected chi connectivity index (χ1v) is 8.92. The fraction of sp³-hybridized carbons (Fsp3) is 0.455. The second-order valence-corrected chi connectivity index (χ2v) is 8.23. The van der Waals surface area contributed by atoms with Gasteiger partial charge in [0.15, 0.2) is 0 Å². The van der Waals surface area contributed by atoms with Gasteiger partial charge in [0.25, 0.3) is 0 Å². The van der Waals surface area contributed by atoms with E-state index in [-0.39, 0.29) is 11.1 Å². The highest BCUT2D eigenvalue weighted by Gasteiger charge is 2.34. The topological polar surface area (TPSA) is 21.3 Å². The summed E-state index contributed by atoms with van der Waals surface area (Å²) < 4.78 is 6.15. The largest absolute Gasteiger partial charge is 0.488 e. The molecule has 0 amide bonds. The van der Waals surface area contributed by atoms with Crippen LogP contribution in [0.15, 0.2) is 54.6 Å². The van der Waals surface area contributed by atoms with Gasteiger partial charge in [0.1, 0.15) is 11.4 Å². The maximum absolute atomic E-state index is 6.15. The van der Waals surface area contributed by atoms with Gasteiger partial charge < -0.3 is 10.1 Å². The lowest BCUT2D eigenvalue weighted by Gasteiger charge is -2.39. The summed E-state index contributed by atoms with van der Waals surface area (Å²) in [4.78, 5) is 0. The van der Waals surface area contributed by atoms with Gasteiger partial charge >= 0.3 is 0 Å². The number of hydrogen-bond acceptors (Lipinski definition) is 2. The standard InChI is InChI=1S/C22H29NO/c1-21(2,14-17-10-6-5-7-11-17)23-16-18-15-22(3,4)24-20-13-9-8-12-19(18)20/h5-13,18,23H,14-16H2,1-4H3. The molecule has 0 aliphatic carbocycles. The Bertz CT molecular complexity index is 675. The predicted octanol–water partition coefficient (Wildman–Crippen LogP) is 4.94. The Hall–Kier alpha value is -1.80. The lowest BCUT2D eigenvalue weighted by molar-refractivity contribution is 0.0704. The van der Waals surface area contributed by atoms with Gasteiger partial charge in [-0.25, -0.2) is 0 Å². The van der Waals surface area contributed by atoms with E-state index >= 15 is 0 Å². The van der Waals surface area contributed by atoms with E-state index in [9.17, 15) is 0 Å².